The van der Waals surface area contributed by atoms with E-state index in [2.05, 4.69) is 11.6 Å². The smallest absolute Gasteiger partial charge is 0.215 e. The standard InChI is InChI=1S/C15H22N2O2S2/c1-11-2-3-13(8-11)9-17-21(18,19)10-12-4-6-14(7-5-12)15(16)20/h4-7,11,13,17H,2-3,8-10H2,1H3,(H2,16,20). The molecule has 0 bridgehead atoms. The van der Waals surface area contributed by atoms with Crippen LogP contribution in [0.2, 0.25) is 0 Å². The predicted octanol–water partition coefficient (Wildman–Crippen LogP) is 2.18. The predicted molar refractivity (Wildman–Crippen MR) is 89.5 cm³/mol. The fourth-order valence-corrected chi connectivity index (χ4v) is 4.15. The molecule has 116 valence electrons. The zero-order valence-electron chi connectivity index (χ0n) is 12.2. The van der Waals surface area contributed by atoms with Gasteiger partial charge in [-0.05, 0) is 30.2 Å². The molecule has 0 heterocycles. The van der Waals surface area contributed by atoms with E-state index < -0.39 is 10.0 Å². The van der Waals surface area contributed by atoms with E-state index in [4.69, 9.17) is 18.0 Å². The lowest BCUT2D eigenvalue weighted by molar-refractivity contribution is 0.498. The van der Waals surface area contributed by atoms with Gasteiger partial charge in [-0.2, -0.15) is 0 Å². The highest BCUT2D eigenvalue weighted by molar-refractivity contribution is 7.88. The lowest BCUT2D eigenvalue weighted by Gasteiger charge is -2.12. The van der Waals surface area contributed by atoms with Crippen LogP contribution in [0.25, 0.3) is 0 Å². The number of nitrogens with one attached hydrogen (secondary N) is 1. The Morgan fingerprint density at radius 1 is 1.33 bits per heavy atom. The molecule has 1 aliphatic carbocycles. The first-order chi connectivity index (χ1) is 9.85. The third-order valence-corrected chi connectivity index (χ3v) is 5.55. The second-order valence-corrected chi connectivity index (χ2v) is 8.20. The fraction of sp³-hybridized carbons (Fsp3) is 0.533. The van der Waals surface area contributed by atoms with Crippen molar-refractivity contribution in [2.24, 2.45) is 17.6 Å². The van der Waals surface area contributed by atoms with Gasteiger partial charge in [0, 0.05) is 12.1 Å². The van der Waals surface area contributed by atoms with Crippen LogP contribution >= 0.6 is 12.2 Å². The van der Waals surface area contributed by atoms with E-state index in [0.717, 1.165) is 24.0 Å². The van der Waals surface area contributed by atoms with Crippen LogP contribution in [-0.4, -0.2) is 20.0 Å². The zero-order chi connectivity index (χ0) is 15.5. The molecule has 1 aliphatic rings. The molecular formula is C15H22N2O2S2. The molecule has 0 aliphatic heterocycles. The maximum atomic E-state index is 12.1. The maximum absolute atomic E-state index is 12.1. The Morgan fingerprint density at radius 2 is 2.00 bits per heavy atom. The van der Waals surface area contributed by atoms with Gasteiger partial charge >= 0.3 is 0 Å². The average molecular weight is 326 g/mol. The molecule has 21 heavy (non-hydrogen) atoms. The lowest BCUT2D eigenvalue weighted by atomic mass is 10.1. The molecule has 0 aromatic heterocycles. The van der Waals surface area contributed by atoms with E-state index >= 15 is 0 Å². The summed E-state index contributed by atoms with van der Waals surface area (Å²) in [5.74, 6) is 1.19. The van der Waals surface area contributed by atoms with E-state index in [0.29, 0.717) is 23.4 Å². The normalized spacial score (nSPS) is 22.3. The number of hydrogen-bond acceptors (Lipinski definition) is 3. The van der Waals surface area contributed by atoms with Gasteiger partial charge in [0.2, 0.25) is 10.0 Å². The Labute approximate surface area is 132 Å². The Kier molecular flexibility index (Phi) is 5.35. The van der Waals surface area contributed by atoms with Crippen molar-refractivity contribution < 1.29 is 8.42 Å². The van der Waals surface area contributed by atoms with Crippen molar-refractivity contribution in [2.45, 2.75) is 31.9 Å². The second kappa shape index (κ2) is 6.85. The number of rotatable bonds is 6. The molecule has 1 saturated carbocycles. The highest BCUT2D eigenvalue weighted by atomic mass is 32.2. The molecule has 0 saturated heterocycles. The molecule has 0 amide bonds. The quantitative estimate of drug-likeness (QED) is 0.786. The summed E-state index contributed by atoms with van der Waals surface area (Å²) >= 11 is 4.87. The molecule has 1 aromatic carbocycles. The first-order valence-electron chi connectivity index (χ1n) is 7.22. The topological polar surface area (TPSA) is 72.2 Å². The average Bonchev–Trinajstić information content (AvgIpc) is 2.83. The zero-order valence-corrected chi connectivity index (χ0v) is 13.8. The molecule has 0 radical (unpaired) electrons. The van der Waals surface area contributed by atoms with Gasteiger partial charge in [-0.1, -0.05) is 49.8 Å². The molecular weight excluding hydrogens is 304 g/mol. The van der Waals surface area contributed by atoms with Gasteiger partial charge in [0.25, 0.3) is 0 Å². The number of nitrogens with two attached hydrogens (primary N) is 1. The summed E-state index contributed by atoms with van der Waals surface area (Å²) in [6, 6.07) is 7.02. The first-order valence-corrected chi connectivity index (χ1v) is 9.28. The van der Waals surface area contributed by atoms with Gasteiger partial charge in [-0.15, -0.1) is 0 Å². The summed E-state index contributed by atoms with van der Waals surface area (Å²) in [7, 11) is -3.29. The monoisotopic (exact) mass is 326 g/mol. The Morgan fingerprint density at radius 3 is 2.52 bits per heavy atom. The van der Waals surface area contributed by atoms with E-state index in [1.807, 2.05) is 0 Å². The second-order valence-electron chi connectivity index (χ2n) is 5.95. The third kappa shape index (κ3) is 5.05. The molecule has 6 heteroatoms. The third-order valence-electron chi connectivity index (χ3n) is 3.99. The summed E-state index contributed by atoms with van der Waals surface area (Å²) in [5.41, 5.74) is 7.01. The van der Waals surface area contributed by atoms with E-state index in [9.17, 15) is 8.42 Å². The highest BCUT2D eigenvalue weighted by Gasteiger charge is 2.23. The number of hydrogen-bond donors (Lipinski definition) is 2. The Hall–Kier alpha value is -0.980. The number of benzene rings is 1. The van der Waals surface area contributed by atoms with Crippen molar-refractivity contribution in [2.75, 3.05) is 6.54 Å². The maximum Gasteiger partial charge on any atom is 0.215 e. The SMILES string of the molecule is CC1CCC(CNS(=O)(=O)Cc2ccc(C(N)=S)cc2)C1. The molecule has 1 aromatic rings. The lowest BCUT2D eigenvalue weighted by Crippen LogP contribution is -2.29. The van der Waals surface area contributed by atoms with Crippen molar-refractivity contribution in [3.05, 3.63) is 35.4 Å². The fourth-order valence-electron chi connectivity index (χ4n) is 2.79. The minimum atomic E-state index is -3.29. The van der Waals surface area contributed by atoms with Crippen molar-refractivity contribution in [1.29, 1.82) is 0 Å². The molecule has 1 fully saturated rings. The van der Waals surface area contributed by atoms with Crippen LogP contribution in [0.3, 0.4) is 0 Å². The summed E-state index contributed by atoms with van der Waals surface area (Å²) in [4.78, 5) is 0.317. The summed E-state index contributed by atoms with van der Waals surface area (Å²) in [6.07, 6.45) is 3.43. The summed E-state index contributed by atoms with van der Waals surface area (Å²) in [6.45, 7) is 2.77. The van der Waals surface area contributed by atoms with Crippen molar-refractivity contribution in [3.63, 3.8) is 0 Å². The molecule has 2 rings (SSSR count). The van der Waals surface area contributed by atoms with Crippen molar-refractivity contribution in [3.8, 4) is 0 Å². The highest BCUT2D eigenvalue weighted by Crippen LogP contribution is 2.29. The molecule has 4 nitrogen and oxygen atoms in total. The van der Waals surface area contributed by atoms with E-state index in [1.54, 1.807) is 24.3 Å². The summed E-state index contributed by atoms with van der Waals surface area (Å²) < 4.78 is 26.9. The van der Waals surface area contributed by atoms with Gasteiger partial charge in [0.1, 0.15) is 4.99 Å². The Balaban J connectivity index is 1.89. The largest absolute Gasteiger partial charge is 0.389 e. The number of sulfonamides is 1. The number of thiocarbonyl (C=S) groups is 1. The Bertz CT molecular complexity index is 597. The van der Waals surface area contributed by atoms with E-state index in [-0.39, 0.29) is 5.75 Å². The van der Waals surface area contributed by atoms with Gasteiger partial charge in [-0.3, -0.25) is 0 Å². The van der Waals surface area contributed by atoms with Crippen LogP contribution < -0.4 is 10.5 Å². The van der Waals surface area contributed by atoms with Crippen LogP contribution in [0.4, 0.5) is 0 Å². The molecule has 2 unspecified atom stereocenters. The first kappa shape index (κ1) is 16.4. The van der Waals surface area contributed by atoms with Gasteiger partial charge in [0.05, 0.1) is 5.75 Å². The van der Waals surface area contributed by atoms with Gasteiger partial charge < -0.3 is 5.73 Å². The van der Waals surface area contributed by atoms with Crippen LogP contribution in [0.1, 0.15) is 37.3 Å². The van der Waals surface area contributed by atoms with Gasteiger partial charge in [-0.25, -0.2) is 13.1 Å². The van der Waals surface area contributed by atoms with Crippen LogP contribution in [0.15, 0.2) is 24.3 Å². The summed E-state index contributed by atoms with van der Waals surface area (Å²) in [5, 5.41) is 0. The minimum Gasteiger partial charge on any atom is -0.389 e. The molecule has 2 atom stereocenters. The van der Waals surface area contributed by atoms with Crippen molar-refractivity contribution >= 4 is 27.2 Å². The van der Waals surface area contributed by atoms with Crippen LogP contribution in [0.5, 0.6) is 0 Å². The molecule has 0 spiro atoms. The molecule has 3 N–H and O–H groups in total. The van der Waals surface area contributed by atoms with E-state index in [1.165, 1.54) is 6.42 Å². The van der Waals surface area contributed by atoms with Crippen LogP contribution in [-0.2, 0) is 15.8 Å². The van der Waals surface area contributed by atoms with Crippen molar-refractivity contribution in [1.82, 2.24) is 4.72 Å². The van der Waals surface area contributed by atoms with Crippen LogP contribution in [0, 0.1) is 11.8 Å². The van der Waals surface area contributed by atoms with Gasteiger partial charge in [0.15, 0.2) is 0 Å². The minimum absolute atomic E-state index is 0.00706.